The number of unbranched alkanes of at least 4 members (excludes halogenated alkanes) is 1. The van der Waals surface area contributed by atoms with Crippen molar-refractivity contribution in [2.45, 2.75) is 38.6 Å². The van der Waals surface area contributed by atoms with Gasteiger partial charge >= 0.3 is 0 Å². The molecule has 0 aliphatic rings. The van der Waals surface area contributed by atoms with E-state index in [4.69, 9.17) is 4.74 Å². The molecule has 1 aromatic carbocycles. The maximum atomic E-state index is 5.40. The molecule has 2 nitrogen and oxygen atoms in total. The molecule has 0 heterocycles. The minimum atomic E-state index is 0.526. The molecule has 1 N–H and O–H groups in total. The molecule has 17 heavy (non-hydrogen) atoms. The molecule has 0 aliphatic carbocycles. The lowest BCUT2D eigenvalue weighted by molar-refractivity contribution is 0.403. The number of halogens is 1. The van der Waals surface area contributed by atoms with E-state index >= 15 is 0 Å². The van der Waals surface area contributed by atoms with Gasteiger partial charge in [0.25, 0.3) is 0 Å². The molecule has 1 unspecified atom stereocenters. The highest BCUT2D eigenvalue weighted by Gasteiger charge is 2.11. The van der Waals surface area contributed by atoms with Crippen LogP contribution in [0.5, 0.6) is 5.75 Å². The van der Waals surface area contributed by atoms with Crippen molar-refractivity contribution in [2.24, 2.45) is 0 Å². The summed E-state index contributed by atoms with van der Waals surface area (Å²) >= 11 is 3.51. The third-order valence-electron chi connectivity index (χ3n) is 3.02. The van der Waals surface area contributed by atoms with Crippen LogP contribution < -0.4 is 10.1 Å². The van der Waals surface area contributed by atoms with Crippen molar-refractivity contribution in [1.82, 2.24) is 5.32 Å². The largest absolute Gasteiger partial charge is 0.496 e. The van der Waals surface area contributed by atoms with Crippen LogP contribution in [0.3, 0.4) is 0 Å². The summed E-state index contributed by atoms with van der Waals surface area (Å²) < 4.78 is 6.51. The van der Waals surface area contributed by atoms with E-state index in [0.717, 1.165) is 16.6 Å². The molecule has 0 fully saturated rings. The molecule has 0 spiro atoms. The first-order valence-corrected chi connectivity index (χ1v) is 7.00. The monoisotopic (exact) mass is 299 g/mol. The maximum absolute atomic E-state index is 5.40. The zero-order chi connectivity index (χ0) is 12.7. The van der Waals surface area contributed by atoms with E-state index in [9.17, 15) is 0 Å². The fourth-order valence-corrected chi connectivity index (χ4v) is 2.38. The Morgan fingerprint density at radius 1 is 1.41 bits per heavy atom. The van der Waals surface area contributed by atoms with Gasteiger partial charge in [0.05, 0.1) is 7.11 Å². The van der Waals surface area contributed by atoms with Crippen molar-refractivity contribution >= 4 is 15.9 Å². The van der Waals surface area contributed by atoms with E-state index in [2.05, 4.69) is 34.2 Å². The molecule has 0 saturated carbocycles. The number of methoxy groups -OCH3 is 1. The van der Waals surface area contributed by atoms with E-state index in [1.807, 2.05) is 19.2 Å². The Kier molecular flexibility index (Phi) is 6.60. The van der Waals surface area contributed by atoms with Gasteiger partial charge in [0, 0.05) is 10.5 Å². The number of likely N-dealkylation sites (N-methyl/N-ethyl adjacent to an activating group) is 1. The summed E-state index contributed by atoms with van der Waals surface area (Å²) in [5.41, 5.74) is 1.26. The van der Waals surface area contributed by atoms with Crippen molar-refractivity contribution in [3.8, 4) is 5.75 Å². The minimum absolute atomic E-state index is 0.526. The number of benzene rings is 1. The predicted molar refractivity (Wildman–Crippen MR) is 76.8 cm³/mol. The van der Waals surface area contributed by atoms with Crippen molar-refractivity contribution in [3.05, 3.63) is 28.2 Å². The first kappa shape index (κ1) is 14.5. The van der Waals surface area contributed by atoms with Gasteiger partial charge in [-0.2, -0.15) is 0 Å². The van der Waals surface area contributed by atoms with E-state index in [-0.39, 0.29) is 0 Å². The number of nitrogens with one attached hydrogen (secondary N) is 1. The zero-order valence-electron chi connectivity index (χ0n) is 10.9. The Bertz CT molecular complexity index is 341. The first-order chi connectivity index (χ1) is 8.21. The number of ether oxygens (including phenoxy) is 1. The third-order valence-corrected chi connectivity index (χ3v) is 3.52. The average molecular weight is 300 g/mol. The fraction of sp³-hybridized carbons (Fsp3) is 0.571. The number of hydrogen-bond acceptors (Lipinski definition) is 2. The second-order valence-corrected chi connectivity index (χ2v) is 5.20. The molecule has 0 amide bonds. The van der Waals surface area contributed by atoms with Crippen LogP contribution in [-0.4, -0.2) is 20.2 Å². The van der Waals surface area contributed by atoms with Gasteiger partial charge in [-0.1, -0.05) is 35.7 Å². The Morgan fingerprint density at radius 2 is 2.18 bits per heavy atom. The molecule has 1 aromatic rings. The quantitative estimate of drug-likeness (QED) is 0.827. The van der Waals surface area contributed by atoms with Crippen LogP contribution in [0.1, 0.15) is 31.7 Å². The molecule has 0 bridgehead atoms. The highest BCUT2D eigenvalue weighted by atomic mass is 79.9. The molecule has 0 aliphatic heterocycles. The van der Waals surface area contributed by atoms with E-state index in [0.29, 0.717) is 6.04 Å². The Balaban J connectivity index is 2.73. The van der Waals surface area contributed by atoms with Crippen LogP contribution in [0.4, 0.5) is 0 Å². The van der Waals surface area contributed by atoms with Gasteiger partial charge < -0.3 is 10.1 Å². The average Bonchev–Trinajstić information content (AvgIpc) is 2.34. The summed E-state index contributed by atoms with van der Waals surface area (Å²) in [6.07, 6.45) is 4.73. The lowest BCUT2D eigenvalue weighted by Crippen LogP contribution is -2.27. The van der Waals surface area contributed by atoms with Gasteiger partial charge in [-0.15, -0.1) is 0 Å². The van der Waals surface area contributed by atoms with Crippen molar-refractivity contribution in [2.75, 3.05) is 14.2 Å². The Morgan fingerprint density at radius 3 is 2.76 bits per heavy atom. The van der Waals surface area contributed by atoms with Gasteiger partial charge in [-0.25, -0.2) is 0 Å². The SMILES string of the molecule is CCCCC(Cc1cc(Br)ccc1OC)NC. The molecule has 0 saturated heterocycles. The molecule has 1 atom stereocenters. The predicted octanol–water partition coefficient (Wildman–Crippen LogP) is 3.78. The topological polar surface area (TPSA) is 21.3 Å². The maximum Gasteiger partial charge on any atom is 0.122 e. The van der Waals surface area contributed by atoms with Crippen LogP contribution >= 0.6 is 15.9 Å². The van der Waals surface area contributed by atoms with E-state index in [1.165, 1.54) is 24.8 Å². The van der Waals surface area contributed by atoms with Gasteiger partial charge in [0.2, 0.25) is 0 Å². The summed E-state index contributed by atoms with van der Waals surface area (Å²) in [5, 5.41) is 3.39. The van der Waals surface area contributed by atoms with E-state index < -0.39 is 0 Å². The lowest BCUT2D eigenvalue weighted by atomic mass is 10.0. The first-order valence-electron chi connectivity index (χ1n) is 6.21. The van der Waals surface area contributed by atoms with Gasteiger partial charge in [-0.3, -0.25) is 0 Å². The van der Waals surface area contributed by atoms with Gasteiger partial charge in [-0.05, 0) is 43.7 Å². The van der Waals surface area contributed by atoms with Gasteiger partial charge in [0.15, 0.2) is 0 Å². The van der Waals surface area contributed by atoms with Crippen molar-refractivity contribution in [3.63, 3.8) is 0 Å². The fourth-order valence-electron chi connectivity index (χ4n) is 1.97. The molecule has 3 heteroatoms. The number of rotatable bonds is 7. The Hall–Kier alpha value is -0.540. The van der Waals surface area contributed by atoms with Crippen LogP contribution in [0.2, 0.25) is 0 Å². The second kappa shape index (κ2) is 7.72. The molecule has 0 radical (unpaired) electrons. The lowest BCUT2D eigenvalue weighted by Gasteiger charge is -2.17. The summed E-state index contributed by atoms with van der Waals surface area (Å²) in [5.74, 6) is 0.977. The summed E-state index contributed by atoms with van der Waals surface area (Å²) in [6.45, 7) is 2.23. The summed E-state index contributed by atoms with van der Waals surface area (Å²) in [7, 11) is 3.76. The molecule has 1 rings (SSSR count). The molecule has 96 valence electrons. The Labute approximate surface area is 113 Å². The molecular weight excluding hydrogens is 278 g/mol. The standard InChI is InChI=1S/C14H22BrNO/c1-4-5-6-13(16-2)10-11-9-12(15)7-8-14(11)17-3/h7-9,13,16H,4-6,10H2,1-3H3. The van der Waals surface area contributed by atoms with E-state index in [1.54, 1.807) is 7.11 Å². The van der Waals surface area contributed by atoms with Gasteiger partial charge in [0.1, 0.15) is 5.75 Å². The zero-order valence-corrected chi connectivity index (χ0v) is 12.5. The second-order valence-electron chi connectivity index (χ2n) is 4.29. The van der Waals surface area contributed by atoms with Crippen LogP contribution in [-0.2, 0) is 6.42 Å². The third kappa shape index (κ3) is 4.68. The number of hydrogen-bond donors (Lipinski definition) is 1. The van der Waals surface area contributed by atoms with Crippen LogP contribution in [0.15, 0.2) is 22.7 Å². The van der Waals surface area contributed by atoms with Crippen molar-refractivity contribution < 1.29 is 4.74 Å². The van der Waals surface area contributed by atoms with Crippen LogP contribution in [0.25, 0.3) is 0 Å². The summed E-state index contributed by atoms with van der Waals surface area (Å²) in [6, 6.07) is 6.71. The highest BCUT2D eigenvalue weighted by molar-refractivity contribution is 9.10. The summed E-state index contributed by atoms with van der Waals surface area (Å²) in [4.78, 5) is 0. The highest BCUT2D eigenvalue weighted by Crippen LogP contribution is 2.24. The molecule has 0 aromatic heterocycles. The molecular formula is C14H22BrNO. The van der Waals surface area contributed by atoms with Crippen molar-refractivity contribution in [1.29, 1.82) is 0 Å². The smallest absolute Gasteiger partial charge is 0.122 e. The van der Waals surface area contributed by atoms with Crippen LogP contribution in [0, 0.1) is 0 Å². The minimum Gasteiger partial charge on any atom is -0.496 e. The normalized spacial score (nSPS) is 12.5.